The first-order valence-corrected chi connectivity index (χ1v) is 9.93. The molecule has 29 heavy (non-hydrogen) atoms. The van der Waals surface area contributed by atoms with Crippen LogP contribution in [-0.4, -0.2) is 29.7 Å². The van der Waals surface area contributed by atoms with Crippen LogP contribution in [0.15, 0.2) is 41.3 Å². The van der Waals surface area contributed by atoms with Crippen molar-refractivity contribution < 1.29 is 19.1 Å². The molecule has 2 aromatic rings. The number of imide groups is 1. The molecule has 0 atom stereocenters. The molecular formula is C21H15Cl2NO4S. The quantitative estimate of drug-likeness (QED) is 0.446. The molecule has 1 fully saturated rings. The maximum absolute atomic E-state index is 12.3. The molecule has 0 bridgehead atoms. The van der Waals surface area contributed by atoms with Crippen molar-refractivity contribution in [3.8, 4) is 23.8 Å². The van der Waals surface area contributed by atoms with Gasteiger partial charge in [-0.05, 0) is 53.2 Å². The van der Waals surface area contributed by atoms with Crippen molar-refractivity contribution >= 4 is 52.2 Å². The number of benzene rings is 2. The summed E-state index contributed by atoms with van der Waals surface area (Å²) in [6.45, 7) is 0.209. The van der Waals surface area contributed by atoms with Crippen molar-refractivity contribution in [2.45, 2.75) is 6.61 Å². The first-order valence-electron chi connectivity index (χ1n) is 8.36. The van der Waals surface area contributed by atoms with Gasteiger partial charge >= 0.3 is 0 Å². The van der Waals surface area contributed by atoms with E-state index < -0.39 is 11.1 Å². The van der Waals surface area contributed by atoms with E-state index in [4.69, 9.17) is 39.1 Å². The van der Waals surface area contributed by atoms with Crippen LogP contribution in [-0.2, 0) is 11.4 Å². The molecule has 5 nitrogen and oxygen atoms in total. The van der Waals surface area contributed by atoms with E-state index >= 15 is 0 Å². The van der Waals surface area contributed by atoms with E-state index in [1.807, 2.05) is 12.1 Å². The largest absolute Gasteiger partial charge is 0.493 e. The van der Waals surface area contributed by atoms with Crippen LogP contribution in [0.3, 0.4) is 0 Å². The van der Waals surface area contributed by atoms with E-state index in [0.29, 0.717) is 27.1 Å². The molecule has 0 unspecified atom stereocenters. The Balaban J connectivity index is 1.83. The standard InChI is InChI=1S/C21H15Cl2NO4S/c1-3-8-24-20(25)18(29-21(24)26)11-14-9-16(23)19(17(10-14)27-2)28-12-13-4-6-15(22)7-5-13/h1,4-7,9-11H,8,12H2,2H3/b18-11+. The van der Waals surface area contributed by atoms with Gasteiger partial charge in [0.05, 0.1) is 23.6 Å². The number of amides is 2. The Morgan fingerprint density at radius 3 is 2.59 bits per heavy atom. The van der Waals surface area contributed by atoms with E-state index in [1.165, 1.54) is 7.11 Å². The van der Waals surface area contributed by atoms with Crippen LogP contribution in [0.25, 0.3) is 6.08 Å². The lowest BCUT2D eigenvalue weighted by atomic mass is 10.1. The number of thioether (sulfide) groups is 1. The Kier molecular flexibility index (Phi) is 6.75. The minimum absolute atomic E-state index is 0.0659. The van der Waals surface area contributed by atoms with Gasteiger partial charge < -0.3 is 9.47 Å². The molecule has 0 aliphatic carbocycles. The number of terminal acetylenes is 1. The highest BCUT2D eigenvalue weighted by atomic mass is 35.5. The highest BCUT2D eigenvalue weighted by molar-refractivity contribution is 8.18. The van der Waals surface area contributed by atoms with Crippen molar-refractivity contribution in [3.05, 3.63) is 62.5 Å². The van der Waals surface area contributed by atoms with Gasteiger partial charge in [0, 0.05) is 5.02 Å². The average Bonchev–Trinajstić information content (AvgIpc) is 2.96. The van der Waals surface area contributed by atoms with Gasteiger partial charge in [-0.3, -0.25) is 14.5 Å². The fourth-order valence-corrected chi connectivity index (χ4v) is 3.82. The zero-order chi connectivity index (χ0) is 21.0. The summed E-state index contributed by atoms with van der Waals surface area (Å²) in [6.07, 6.45) is 6.77. The van der Waals surface area contributed by atoms with Gasteiger partial charge in [-0.1, -0.05) is 41.3 Å². The predicted molar refractivity (Wildman–Crippen MR) is 115 cm³/mol. The molecule has 0 aromatic heterocycles. The summed E-state index contributed by atoms with van der Waals surface area (Å²) in [5.41, 5.74) is 1.51. The van der Waals surface area contributed by atoms with Gasteiger partial charge in [-0.2, -0.15) is 0 Å². The van der Waals surface area contributed by atoms with E-state index in [-0.39, 0.29) is 18.1 Å². The highest BCUT2D eigenvalue weighted by Gasteiger charge is 2.34. The first-order chi connectivity index (χ1) is 13.9. The maximum atomic E-state index is 12.3. The van der Waals surface area contributed by atoms with Crippen molar-refractivity contribution in [1.29, 1.82) is 0 Å². The number of hydrogen-bond acceptors (Lipinski definition) is 5. The van der Waals surface area contributed by atoms with Crippen LogP contribution >= 0.6 is 35.0 Å². The topological polar surface area (TPSA) is 55.8 Å². The molecule has 3 rings (SSSR count). The van der Waals surface area contributed by atoms with Gasteiger partial charge in [-0.25, -0.2) is 0 Å². The van der Waals surface area contributed by atoms with Crippen LogP contribution < -0.4 is 9.47 Å². The Labute approximate surface area is 182 Å². The average molecular weight is 448 g/mol. The van der Waals surface area contributed by atoms with Crippen LogP contribution in [0.4, 0.5) is 4.79 Å². The molecule has 8 heteroatoms. The lowest BCUT2D eigenvalue weighted by Crippen LogP contribution is -2.28. The second-order valence-corrected chi connectivity index (χ2v) is 7.76. The molecule has 1 saturated heterocycles. The van der Waals surface area contributed by atoms with Gasteiger partial charge in [-0.15, -0.1) is 6.42 Å². The van der Waals surface area contributed by atoms with Gasteiger partial charge in [0.25, 0.3) is 11.1 Å². The molecule has 2 amide bonds. The predicted octanol–water partition coefficient (Wildman–Crippen LogP) is 5.25. The number of carbonyl (C=O) groups excluding carboxylic acids is 2. The molecule has 0 N–H and O–H groups in total. The molecule has 1 aliphatic heterocycles. The molecule has 148 valence electrons. The Morgan fingerprint density at radius 1 is 1.21 bits per heavy atom. The minimum Gasteiger partial charge on any atom is -0.493 e. The Morgan fingerprint density at radius 2 is 1.93 bits per heavy atom. The van der Waals surface area contributed by atoms with Gasteiger partial charge in [0.15, 0.2) is 11.5 Å². The van der Waals surface area contributed by atoms with Crippen LogP contribution in [0.2, 0.25) is 10.0 Å². The SMILES string of the molecule is C#CCN1C(=O)S/C(=C/c2cc(Cl)c(OCc3ccc(Cl)cc3)c(OC)c2)C1=O. The first kappa shape index (κ1) is 21.1. The van der Waals surface area contributed by atoms with Crippen molar-refractivity contribution in [1.82, 2.24) is 4.90 Å². The summed E-state index contributed by atoms with van der Waals surface area (Å²) in [5.74, 6) is 2.64. The number of hydrogen-bond donors (Lipinski definition) is 0. The number of rotatable bonds is 6. The molecule has 1 heterocycles. The summed E-state index contributed by atoms with van der Waals surface area (Å²) in [5, 5.41) is 0.549. The third-order valence-electron chi connectivity index (χ3n) is 3.97. The number of halogens is 2. The molecular weight excluding hydrogens is 433 g/mol. The fraction of sp³-hybridized carbons (Fsp3) is 0.143. The number of ether oxygens (including phenoxy) is 2. The van der Waals surface area contributed by atoms with Crippen LogP contribution in [0.5, 0.6) is 11.5 Å². The van der Waals surface area contributed by atoms with Gasteiger partial charge in [0.1, 0.15) is 6.61 Å². The summed E-state index contributed by atoms with van der Waals surface area (Å²) in [7, 11) is 1.49. The normalized spacial score (nSPS) is 15.0. The molecule has 0 spiro atoms. The number of nitrogens with zero attached hydrogens (tertiary/aromatic N) is 1. The third kappa shape index (κ3) is 4.88. The van der Waals surface area contributed by atoms with E-state index in [2.05, 4.69) is 5.92 Å². The van der Waals surface area contributed by atoms with E-state index in [0.717, 1.165) is 22.2 Å². The van der Waals surface area contributed by atoms with Crippen molar-refractivity contribution in [3.63, 3.8) is 0 Å². The van der Waals surface area contributed by atoms with E-state index in [1.54, 1.807) is 30.3 Å². The second-order valence-electron chi connectivity index (χ2n) is 5.92. The summed E-state index contributed by atoms with van der Waals surface area (Å²) < 4.78 is 11.2. The van der Waals surface area contributed by atoms with Crippen molar-refractivity contribution in [2.75, 3.05) is 13.7 Å². The smallest absolute Gasteiger partial charge is 0.294 e. The third-order valence-corrected chi connectivity index (χ3v) is 5.41. The summed E-state index contributed by atoms with van der Waals surface area (Å²) >= 11 is 13.1. The maximum Gasteiger partial charge on any atom is 0.294 e. The zero-order valence-corrected chi connectivity index (χ0v) is 17.6. The summed E-state index contributed by atoms with van der Waals surface area (Å²) in [6, 6.07) is 10.6. The molecule has 0 saturated carbocycles. The van der Waals surface area contributed by atoms with Crippen molar-refractivity contribution in [2.24, 2.45) is 0 Å². The number of carbonyl (C=O) groups is 2. The van der Waals surface area contributed by atoms with E-state index in [9.17, 15) is 9.59 Å². The Hall–Kier alpha value is -2.59. The fourth-order valence-electron chi connectivity index (χ4n) is 2.58. The lowest BCUT2D eigenvalue weighted by Gasteiger charge is -2.13. The molecule has 0 radical (unpaired) electrons. The monoisotopic (exact) mass is 447 g/mol. The molecule has 2 aromatic carbocycles. The van der Waals surface area contributed by atoms with Gasteiger partial charge in [0.2, 0.25) is 0 Å². The molecule has 1 aliphatic rings. The zero-order valence-electron chi connectivity index (χ0n) is 15.3. The Bertz CT molecular complexity index is 1030. The van der Waals surface area contributed by atoms with Crippen LogP contribution in [0, 0.1) is 12.3 Å². The summed E-state index contributed by atoms with van der Waals surface area (Å²) in [4.78, 5) is 25.5. The highest BCUT2D eigenvalue weighted by Crippen LogP contribution is 2.39. The second kappa shape index (κ2) is 9.27. The van der Waals surface area contributed by atoms with Crippen LogP contribution in [0.1, 0.15) is 11.1 Å². The minimum atomic E-state index is -0.434. The number of methoxy groups -OCH3 is 1. The lowest BCUT2D eigenvalue weighted by molar-refractivity contribution is -0.122.